The monoisotopic (exact) mass is 583 g/mol. The average Bonchev–Trinajstić information content (AvgIpc) is 2.95. The van der Waals surface area contributed by atoms with E-state index in [9.17, 15) is 18.0 Å². The highest BCUT2D eigenvalue weighted by molar-refractivity contribution is 7.92. The molecule has 0 aliphatic heterocycles. The lowest BCUT2D eigenvalue weighted by Crippen LogP contribution is -2.53. The van der Waals surface area contributed by atoms with E-state index in [-0.39, 0.29) is 17.3 Å². The van der Waals surface area contributed by atoms with Crippen molar-refractivity contribution in [1.82, 2.24) is 10.2 Å². The topological polar surface area (TPSA) is 86.8 Å². The van der Waals surface area contributed by atoms with Gasteiger partial charge in [0.1, 0.15) is 12.6 Å². The summed E-state index contributed by atoms with van der Waals surface area (Å²) in [7, 11) is -4.11. The van der Waals surface area contributed by atoms with E-state index < -0.39 is 28.5 Å². The molecule has 9 heteroatoms. The smallest absolute Gasteiger partial charge is 0.264 e. The maximum Gasteiger partial charge on any atom is 0.264 e. The SMILES string of the molecule is CCCCNC(=O)[C@H](CC)N(CCc1ccccc1)C(=O)CN(c1ccc(Cl)cc1)S(=O)(=O)c1ccc(C)cc1. The Bertz CT molecular complexity index is 1350. The van der Waals surface area contributed by atoms with Crippen LogP contribution in [-0.4, -0.2) is 50.8 Å². The van der Waals surface area contributed by atoms with Gasteiger partial charge in [0.15, 0.2) is 0 Å². The standard InChI is InChI=1S/C31H38ClN3O4S/c1-4-6-21-33-31(37)29(5-2)34(22-20-25-10-8-7-9-11-25)30(36)23-35(27-16-14-26(32)15-17-27)40(38,39)28-18-12-24(3)13-19-28/h7-19,29H,4-6,20-23H2,1-3H3,(H,33,37)/t29-/m0/s1. The Hall–Kier alpha value is -3.36. The van der Waals surface area contributed by atoms with Gasteiger partial charge in [0.25, 0.3) is 10.0 Å². The summed E-state index contributed by atoms with van der Waals surface area (Å²) in [6.07, 6.45) is 2.68. The highest BCUT2D eigenvalue weighted by Gasteiger charge is 2.33. The van der Waals surface area contributed by atoms with Crippen LogP contribution >= 0.6 is 11.6 Å². The molecule has 0 fully saturated rings. The van der Waals surface area contributed by atoms with Gasteiger partial charge in [-0.1, -0.05) is 79.9 Å². The lowest BCUT2D eigenvalue weighted by molar-refractivity contribution is -0.139. The Morgan fingerprint density at radius 3 is 2.17 bits per heavy atom. The molecule has 40 heavy (non-hydrogen) atoms. The first-order valence-corrected chi connectivity index (χ1v) is 15.4. The molecule has 1 N–H and O–H groups in total. The lowest BCUT2D eigenvalue weighted by atomic mass is 10.1. The highest BCUT2D eigenvalue weighted by Crippen LogP contribution is 2.26. The number of rotatable bonds is 14. The van der Waals surface area contributed by atoms with Gasteiger partial charge < -0.3 is 10.2 Å². The molecule has 0 bridgehead atoms. The average molecular weight is 584 g/mol. The number of carbonyl (C=O) groups excluding carboxylic acids is 2. The van der Waals surface area contributed by atoms with Crippen molar-refractivity contribution >= 4 is 39.1 Å². The number of sulfonamides is 1. The first-order valence-electron chi connectivity index (χ1n) is 13.6. The predicted octanol–water partition coefficient (Wildman–Crippen LogP) is 5.61. The Balaban J connectivity index is 1.97. The molecular weight excluding hydrogens is 546 g/mol. The van der Waals surface area contributed by atoms with Crippen LogP contribution in [0.5, 0.6) is 0 Å². The van der Waals surface area contributed by atoms with Crippen molar-refractivity contribution in [3.8, 4) is 0 Å². The van der Waals surface area contributed by atoms with Crippen molar-refractivity contribution in [1.29, 1.82) is 0 Å². The number of unbranched alkanes of at least 4 members (excludes halogenated alkanes) is 1. The zero-order valence-electron chi connectivity index (χ0n) is 23.3. The number of anilines is 1. The minimum atomic E-state index is -4.11. The number of benzene rings is 3. The summed E-state index contributed by atoms with van der Waals surface area (Å²) in [5, 5.41) is 3.39. The van der Waals surface area contributed by atoms with Crippen LogP contribution < -0.4 is 9.62 Å². The summed E-state index contributed by atoms with van der Waals surface area (Å²) in [6, 6.07) is 21.8. The van der Waals surface area contributed by atoms with Crippen LogP contribution in [0.4, 0.5) is 5.69 Å². The van der Waals surface area contributed by atoms with E-state index in [1.54, 1.807) is 36.4 Å². The van der Waals surface area contributed by atoms with E-state index >= 15 is 0 Å². The highest BCUT2D eigenvalue weighted by atomic mass is 35.5. The van der Waals surface area contributed by atoms with Crippen molar-refractivity contribution in [3.63, 3.8) is 0 Å². The number of nitrogens with zero attached hydrogens (tertiary/aromatic N) is 2. The molecule has 0 aromatic heterocycles. The van der Waals surface area contributed by atoms with Crippen molar-refractivity contribution in [2.45, 2.75) is 57.4 Å². The van der Waals surface area contributed by atoms with Gasteiger partial charge in [0, 0.05) is 18.1 Å². The third kappa shape index (κ3) is 8.32. The quantitative estimate of drug-likeness (QED) is 0.250. The van der Waals surface area contributed by atoms with Crippen molar-refractivity contribution in [3.05, 3.63) is 95.0 Å². The Morgan fingerprint density at radius 1 is 0.925 bits per heavy atom. The van der Waals surface area contributed by atoms with Gasteiger partial charge in [-0.2, -0.15) is 0 Å². The number of carbonyl (C=O) groups is 2. The van der Waals surface area contributed by atoms with Gasteiger partial charge in [-0.05, 0) is 68.1 Å². The minimum Gasteiger partial charge on any atom is -0.354 e. The largest absolute Gasteiger partial charge is 0.354 e. The van der Waals surface area contributed by atoms with E-state index in [0.29, 0.717) is 30.1 Å². The molecule has 3 rings (SSSR count). The zero-order valence-corrected chi connectivity index (χ0v) is 24.9. The normalized spacial score (nSPS) is 12.0. The van der Waals surface area contributed by atoms with E-state index in [1.807, 2.05) is 51.1 Å². The van der Waals surface area contributed by atoms with Crippen LogP contribution in [0, 0.1) is 6.92 Å². The molecule has 0 unspecified atom stereocenters. The number of halogens is 1. The van der Waals surface area contributed by atoms with Crippen molar-refractivity contribution in [2.75, 3.05) is 23.9 Å². The molecule has 3 aromatic rings. The summed E-state index contributed by atoms with van der Waals surface area (Å²) in [4.78, 5) is 28.8. The third-order valence-electron chi connectivity index (χ3n) is 6.70. The molecule has 7 nitrogen and oxygen atoms in total. The number of amides is 2. The fourth-order valence-electron chi connectivity index (χ4n) is 4.38. The van der Waals surface area contributed by atoms with Gasteiger partial charge in [0.05, 0.1) is 10.6 Å². The fraction of sp³-hybridized carbons (Fsp3) is 0.355. The minimum absolute atomic E-state index is 0.0704. The second-order valence-corrected chi connectivity index (χ2v) is 12.0. The van der Waals surface area contributed by atoms with E-state index in [1.165, 1.54) is 17.0 Å². The Kier molecular flexibility index (Phi) is 11.6. The van der Waals surface area contributed by atoms with Crippen molar-refractivity contribution < 1.29 is 18.0 Å². The first-order chi connectivity index (χ1) is 19.2. The van der Waals surface area contributed by atoms with Crippen LogP contribution in [0.1, 0.15) is 44.2 Å². The maximum atomic E-state index is 14.0. The molecule has 0 aliphatic rings. The zero-order chi connectivity index (χ0) is 29.1. The third-order valence-corrected chi connectivity index (χ3v) is 8.74. The molecule has 0 saturated heterocycles. The second-order valence-electron chi connectivity index (χ2n) is 9.69. The van der Waals surface area contributed by atoms with Crippen molar-refractivity contribution in [2.24, 2.45) is 0 Å². The molecule has 0 aliphatic carbocycles. The second kappa shape index (κ2) is 14.9. The van der Waals surface area contributed by atoms with E-state index in [0.717, 1.165) is 28.3 Å². The Labute approximate surface area is 243 Å². The molecule has 3 aromatic carbocycles. The summed E-state index contributed by atoms with van der Waals surface area (Å²) in [6.45, 7) is 6.09. The first kappa shape index (κ1) is 31.2. The fourth-order valence-corrected chi connectivity index (χ4v) is 5.92. The number of aryl methyl sites for hydroxylation is 1. The summed E-state index contributed by atoms with van der Waals surface area (Å²) in [5.74, 6) is -0.698. The van der Waals surface area contributed by atoms with Crippen LogP contribution in [0.25, 0.3) is 0 Å². The number of nitrogens with one attached hydrogen (secondary N) is 1. The Morgan fingerprint density at radius 2 is 1.57 bits per heavy atom. The molecule has 0 heterocycles. The molecule has 2 amide bonds. The molecule has 0 radical (unpaired) electrons. The van der Waals surface area contributed by atoms with Crippen LogP contribution in [0.3, 0.4) is 0 Å². The van der Waals surface area contributed by atoms with Crippen LogP contribution in [-0.2, 0) is 26.0 Å². The molecule has 0 saturated carbocycles. The van der Waals surface area contributed by atoms with Crippen LogP contribution in [0.2, 0.25) is 5.02 Å². The predicted molar refractivity (Wildman–Crippen MR) is 161 cm³/mol. The van der Waals surface area contributed by atoms with Gasteiger partial charge in [-0.3, -0.25) is 13.9 Å². The number of hydrogen-bond acceptors (Lipinski definition) is 4. The molecule has 214 valence electrons. The van der Waals surface area contributed by atoms with Gasteiger partial charge >= 0.3 is 0 Å². The van der Waals surface area contributed by atoms with E-state index in [4.69, 9.17) is 11.6 Å². The van der Waals surface area contributed by atoms with Gasteiger partial charge in [-0.15, -0.1) is 0 Å². The lowest BCUT2D eigenvalue weighted by Gasteiger charge is -2.33. The molecule has 0 spiro atoms. The van der Waals surface area contributed by atoms with Gasteiger partial charge in [0.2, 0.25) is 11.8 Å². The maximum absolute atomic E-state index is 14.0. The number of hydrogen-bond donors (Lipinski definition) is 1. The summed E-state index contributed by atoms with van der Waals surface area (Å²) >= 11 is 6.08. The molecule has 1 atom stereocenters. The van der Waals surface area contributed by atoms with Crippen LogP contribution in [0.15, 0.2) is 83.8 Å². The summed E-state index contributed by atoms with van der Waals surface area (Å²) in [5.41, 5.74) is 2.24. The van der Waals surface area contributed by atoms with E-state index in [2.05, 4.69) is 5.32 Å². The molecular formula is C31H38ClN3O4S. The summed E-state index contributed by atoms with van der Waals surface area (Å²) < 4.78 is 28.8. The van der Waals surface area contributed by atoms with Gasteiger partial charge in [-0.25, -0.2) is 8.42 Å².